The lowest BCUT2D eigenvalue weighted by Gasteiger charge is -2.12. The van der Waals surface area contributed by atoms with Gasteiger partial charge in [0, 0.05) is 18.3 Å². The maximum atomic E-state index is 12.3. The average molecular weight is 532 g/mol. The van der Waals surface area contributed by atoms with Gasteiger partial charge < -0.3 is 0 Å². The van der Waals surface area contributed by atoms with Crippen molar-refractivity contribution in [3.8, 4) is 0 Å². The number of amides is 1. The number of hydrogen-bond acceptors (Lipinski definition) is 2. The lowest BCUT2D eigenvalue weighted by molar-refractivity contribution is 0.0942. The van der Waals surface area contributed by atoms with Gasteiger partial charge in [-0.2, -0.15) is 0 Å². The van der Waals surface area contributed by atoms with Gasteiger partial charge in [-0.05, 0) is 87.5 Å². The Morgan fingerprint density at radius 1 is 1.04 bits per heavy atom. The van der Waals surface area contributed by atoms with E-state index < -0.39 is 0 Å². The van der Waals surface area contributed by atoms with Gasteiger partial charge in [-0.1, -0.05) is 32.1 Å². The maximum Gasteiger partial charge on any atom is 0.269 e. The van der Waals surface area contributed by atoms with E-state index in [4.69, 9.17) is 0 Å². The largest absolute Gasteiger partial charge is 0.298 e. The number of carbonyl (C=O) groups excluding carboxylic acids is 1. The lowest BCUT2D eigenvalue weighted by atomic mass is 10.1. The Morgan fingerprint density at radius 3 is 2.39 bits per heavy atom. The number of aryl methyl sites for hydroxylation is 1. The second-order valence-corrected chi connectivity index (χ2v) is 7.66. The van der Waals surface area contributed by atoms with Crippen LogP contribution in [0.2, 0.25) is 0 Å². The zero-order valence-corrected chi connectivity index (χ0v) is 17.1. The van der Waals surface area contributed by atoms with E-state index in [2.05, 4.69) is 75.6 Å². The van der Waals surface area contributed by atoms with Gasteiger partial charge in [0.15, 0.2) is 0 Å². The summed E-state index contributed by atoms with van der Waals surface area (Å²) in [5.41, 5.74) is 9.06. The SMILES string of the molecule is C=C(NNC(=O)c1cccc(CCC)c1)c1cc(I)cc(I)c1. The molecule has 0 saturated heterocycles. The van der Waals surface area contributed by atoms with E-state index in [0.717, 1.165) is 25.5 Å². The first-order valence-corrected chi connectivity index (χ1v) is 9.46. The molecule has 0 fully saturated rings. The van der Waals surface area contributed by atoms with Crippen LogP contribution in [0, 0.1) is 7.14 Å². The van der Waals surface area contributed by atoms with Crippen LogP contribution >= 0.6 is 45.2 Å². The molecule has 0 heterocycles. The van der Waals surface area contributed by atoms with Crippen LogP contribution in [0.3, 0.4) is 0 Å². The molecule has 0 aliphatic heterocycles. The van der Waals surface area contributed by atoms with E-state index in [9.17, 15) is 4.79 Å². The molecule has 2 aromatic carbocycles. The number of carbonyl (C=O) groups is 1. The zero-order chi connectivity index (χ0) is 16.8. The van der Waals surface area contributed by atoms with E-state index in [1.54, 1.807) is 0 Å². The molecule has 2 rings (SSSR count). The van der Waals surface area contributed by atoms with Crippen molar-refractivity contribution in [3.05, 3.63) is 72.9 Å². The molecule has 0 spiro atoms. The van der Waals surface area contributed by atoms with Gasteiger partial charge in [-0.3, -0.25) is 15.6 Å². The highest BCUT2D eigenvalue weighted by atomic mass is 127. The summed E-state index contributed by atoms with van der Waals surface area (Å²) >= 11 is 4.53. The molecule has 0 radical (unpaired) electrons. The highest BCUT2D eigenvalue weighted by molar-refractivity contribution is 14.1. The molecular weight excluding hydrogens is 514 g/mol. The van der Waals surface area contributed by atoms with Crippen LogP contribution in [0.4, 0.5) is 0 Å². The van der Waals surface area contributed by atoms with Crippen molar-refractivity contribution >= 4 is 56.8 Å². The molecule has 5 heteroatoms. The normalized spacial score (nSPS) is 10.2. The molecule has 120 valence electrons. The number of benzene rings is 2. The third-order valence-corrected chi connectivity index (χ3v) is 4.51. The summed E-state index contributed by atoms with van der Waals surface area (Å²) in [7, 11) is 0. The monoisotopic (exact) mass is 532 g/mol. The van der Waals surface area contributed by atoms with Crippen molar-refractivity contribution < 1.29 is 4.79 Å². The quantitative estimate of drug-likeness (QED) is 0.417. The van der Waals surface area contributed by atoms with Crippen LogP contribution in [0.15, 0.2) is 49.0 Å². The Morgan fingerprint density at radius 2 is 1.74 bits per heavy atom. The van der Waals surface area contributed by atoms with Gasteiger partial charge >= 0.3 is 0 Å². The molecule has 0 unspecified atom stereocenters. The van der Waals surface area contributed by atoms with Crippen molar-refractivity contribution in [2.24, 2.45) is 0 Å². The Kier molecular flexibility index (Phi) is 6.88. The number of hydrogen-bond donors (Lipinski definition) is 2. The van der Waals surface area contributed by atoms with Crippen LogP contribution in [0.5, 0.6) is 0 Å². The van der Waals surface area contributed by atoms with Gasteiger partial charge in [0.25, 0.3) is 5.91 Å². The van der Waals surface area contributed by atoms with Crippen molar-refractivity contribution in [2.45, 2.75) is 19.8 Å². The third-order valence-electron chi connectivity index (χ3n) is 3.27. The summed E-state index contributed by atoms with van der Waals surface area (Å²) < 4.78 is 2.26. The van der Waals surface area contributed by atoms with Gasteiger partial charge in [0.05, 0.1) is 5.70 Å². The molecule has 0 atom stereocenters. The van der Waals surface area contributed by atoms with E-state index >= 15 is 0 Å². The minimum Gasteiger partial charge on any atom is -0.298 e. The summed E-state index contributed by atoms with van der Waals surface area (Å²) in [6.07, 6.45) is 2.04. The minimum absolute atomic E-state index is 0.163. The van der Waals surface area contributed by atoms with Crippen molar-refractivity contribution in [2.75, 3.05) is 0 Å². The smallest absolute Gasteiger partial charge is 0.269 e. The summed E-state index contributed by atoms with van der Waals surface area (Å²) in [5.74, 6) is -0.163. The molecule has 3 nitrogen and oxygen atoms in total. The lowest BCUT2D eigenvalue weighted by Crippen LogP contribution is -2.35. The Balaban J connectivity index is 2.01. The third kappa shape index (κ3) is 5.49. The number of rotatable bonds is 6. The Bertz CT molecular complexity index is 708. The topological polar surface area (TPSA) is 41.1 Å². The highest BCUT2D eigenvalue weighted by Crippen LogP contribution is 2.18. The zero-order valence-electron chi connectivity index (χ0n) is 12.8. The van der Waals surface area contributed by atoms with E-state index in [1.807, 2.05) is 36.4 Å². The van der Waals surface area contributed by atoms with Gasteiger partial charge in [-0.25, -0.2) is 0 Å². The number of hydrazine groups is 1. The average Bonchev–Trinajstić information content (AvgIpc) is 2.52. The van der Waals surface area contributed by atoms with Crippen LogP contribution in [0.1, 0.15) is 34.8 Å². The fraction of sp³-hybridized carbons (Fsp3) is 0.167. The number of halogens is 2. The predicted octanol–water partition coefficient (Wildman–Crippen LogP) is 4.75. The molecule has 0 aromatic heterocycles. The molecule has 0 bridgehead atoms. The molecule has 0 saturated carbocycles. The van der Waals surface area contributed by atoms with Crippen LogP contribution < -0.4 is 10.9 Å². The molecule has 23 heavy (non-hydrogen) atoms. The first kappa shape index (κ1) is 18.3. The number of nitrogens with one attached hydrogen (secondary N) is 2. The maximum absolute atomic E-state index is 12.3. The molecule has 1 amide bonds. The molecule has 2 N–H and O–H groups in total. The second-order valence-electron chi connectivity index (χ2n) is 5.17. The van der Waals surface area contributed by atoms with Gasteiger partial charge in [-0.15, -0.1) is 0 Å². The van der Waals surface area contributed by atoms with Crippen molar-refractivity contribution in [1.82, 2.24) is 10.9 Å². The molecule has 0 aliphatic rings. The summed E-state index contributed by atoms with van der Waals surface area (Å²) in [4.78, 5) is 12.3. The fourth-order valence-corrected chi connectivity index (χ4v) is 4.10. The minimum atomic E-state index is -0.163. The highest BCUT2D eigenvalue weighted by Gasteiger charge is 2.07. The molecule has 0 aliphatic carbocycles. The van der Waals surface area contributed by atoms with E-state index in [-0.39, 0.29) is 5.91 Å². The second kappa shape index (κ2) is 8.68. The van der Waals surface area contributed by atoms with Crippen LogP contribution in [-0.4, -0.2) is 5.91 Å². The van der Waals surface area contributed by atoms with Crippen molar-refractivity contribution in [3.63, 3.8) is 0 Å². The van der Waals surface area contributed by atoms with Gasteiger partial charge in [0.2, 0.25) is 0 Å². The van der Waals surface area contributed by atoms with E-state index in [0.29, 0.717) is 11.3 Å². The van der Waals surface area contributed by atoms with Crippen molar-refractivity contribution in [1.29, 1.82) is 0 Å². The van der Waals surface area contributed by atoms with Gasteiger partial charge in [0.1, 0.15) is 0 Å². The fourth-order valence-electron chi connectivity index (χ4n) is 2.16. The Hall–Kier alpha value is -1.09. The van der Waals surface area contributed by atoms with Crippen LogP contribution in [-0.2, 0) is 6.42 Å². The summed E-state index contributed by atoms with van der Waals surface area (Å²) in [5, 5.41) is 0. The van der Waals surface area contributed by atoms with E-state index in [1.165, 1.54) is 5.56 Å². The Labute approximate surface area is 164 Å². The summed E-state index contributed by atoms with van der Waals surface area (Å²) in [6.45, 7) is 6.11. The summed E-state index contributed by atoms with van der Waals surface area (Å²) in [6, 6.07) is 13.8. The molecular formula is C18H18I2N2O. The first-order valence-electron chi connectivity index (χ1n) is 7.30. The first-order chi connectivity index (χ1) is 11.0. The standard InChI is InChI=1S/C18H18I2N2O/c1-3-5-13-6-4-7-14(8-13)18(23)22-21-12(2)15-9-16(19)11-17(20)10-15/h4,6-11,21H,2-3,5H2,1H3,(H,22,23). The predicted molar refractivity (Wildman–Crippen MR) is 112 cm³/mol. The van der Waals surface area contributed by atoms with Crippen LogP contribution in [0.25, 0.3) is 5.70 Å². The molecule has 2 aromatic rings.